The molecule has 0 aliphatic heterocycles. The van der Waals surface area contributed by atoms with Gasteiger partial charge < -0.3 is 19.3 Å². The molecule has 0 aliphatic rings. The summed E-state index contributed by atoms with van der Waals surface area (Å²) in [5, 5.41) is 9.74. The molecule has 0 saturated heterocycles. The number of ether oxygens (including phenoxy) is 3. The molecule has 134 valence electrons. The van der Waals surface area contributed by atoms with Crippen molar-refractivity contribution in [2.45, 2.75) is 20.3 Å². The highest BCUT2D eigenvalue weighted by molar-refractivity contribution is 6.32. The summed E-state index contributed by atoms with van der Waals surface area (Å²) in [5.41, 5.74) is 2.12. The number of aryl methyl sites for hydroxylation is 2. The van der Waals surface area contributed by atoms with Gasteiger partial charge in [-0.25, -0.2) is 4.79 Å². The molecule has 0 radical (unpaired) electrons. The van der Waals surface area contributed by atoms with Gasteiger partial charge in [-0.05, 0) is 55.3 Å². The van der Waals surface area contributed by atoms with E-state index in [4.69, 9.17) is 30.9 Å². The maximum atomic E-state index is 11.0. The first-order chi connectivity index (χ1) is 11.9. The molecular formula is C19H21ClO5. The molecule has 2 aromatic rings. The van der Waals surface area contributed by atoms with Gasteiger partial charge in [0.1, 0.15) is 5.75 Å². The number of carboxylic acid groups (broad SMARTS) is 1. The topological polar surface area (TPSA) is 65.0 Å². The highest BCUT2D eigenvalue weighted by atomic mass is 35.5. The van der Waals surface area contributed by atoms with Crippen LogP contribution in [-0.4, -0.2) is 31.4 Å². The second-order valence-electron chi connectivity index (χ2n) is 5.59. The Kier molecular flexibility index (Phi) is 6.53. The zero-order chi connectivity index (χ0) is 18.4. The maximum Gasteiger partial charge on any atom is 0.335 e. The van der Waals surface area contributed by atoms with Gasteiger partial charge in [-0.15, -0.1) is 0 Å². The molecule has 0 spiro atoms. The van der Waals surface area contributed by atoms with E-state index in [9.17, 15) is 4.79 Å². The number of aromatic carboxylic acids is 1. The van der Waals surface area contributed by atoms with E-state index >= 15 is 0 Å². The van der Waals surface area contributed by atoms with Crippen LogP contribution in [-0.2, 0) is 0 Å². The van der Waals surface area contributed by atoms with E-state index in [2.05, 4.69) is 0 Å². The lowest BCUT2D eigenvalue weighted by Crippen LogP contribution is -2.06. The van der Waals surface area contributed by atoms with Crippen LogP contribution >= 0.6 is 11.6 Å². The highest BCUT2D eigenvalue weighted by Crippen LogP contribution is 2.28. The van der Waals surface area contributed by atoms with E-state index in [1.807, 2.05) is 26.0 Å². The van der Waals surface area contributed by atoms with Crippen molar-refractivity contribution in [3.63, 3.8) is 0 Å². The first kappa shape index (κ1) is 18.9. The van der Waals surface area contributed by atoms with E-state index < -0.39 is 5.97 Å². The molecule has 0 bridgehead atoms. The number of methoxy groups -OCH3 is 1. The van der Waals surface area contributed by atoms with E-state index in [-0.39, 0.29) is 5.56 Å². The first-order valence-corrected chi connectivity index (χ1v) is 8.24. The minimum absolute atomic E-state index is 0.154. The predicted molar refractivity (Wildman–Crippen MR) is 96.5 cm³/mol. The fourth-order valence-electron chi connectivity index (χ4n) is 2.34. The summed E-state index contributed by atoms with van der Waals surface area (Å²) in [4.78, 5) is 11.0. The Labute approximate surface area is 152 Å². The van der Waals surface area contributed by atoms with Crippen molar-refractivity contribution in [3.05, 3.63) is 52.0 Å². The smallest absolute Gasteiger partial charge is 0.335 e. The summed E-state index contributed by atoms with van der Waals surface area (Å²) < 4.78 is 16.5. The molecule has 2 aromatic carbocycles. The van der Waals surface area contributed by atoms with Gasteiger partial charge in [0.25, 0.3) is 0 Å². The summed E-state index contributed by atoms with van der Waals surface area (Å²) >= 11 is 6.14. The van der Waals surface area contributed by atoms with Crippen molar-refractivity contribution in [2.24, 2.45) is 0 Å². The molecule has 2 rings (SSSR count). The highest BCUT2D eigenvalue weighted by Gasteiger charge is 2.10. The fourth-order valence-corrected chi connectivity index (χ4v) is 2.45. The second kappa shape index (κ2) is 8.62. The van der Waals surface area contributed by atoms with Gasteiger partial charge in [0.15, 0.2) is 11.5 Å². The van der Waals surface area contributed by atoms with Crippen LogP contribution in [0.15, 0.2) is 30.3 Å². The van der Waals surface area contributed by atoms with E-state index in [0.717, 1.165) is 21.9 Å². The van der Waals surface area contributed by atoms with Crippen LogP contribution in [0.3, 0.4) is 0 Å². The molecule has 0 aromatic heterocycles. The van der Waals surface area contributed by atoms with Crippen LogP contribution in [0.2, 0.25) is 5.02 Å². The van der Waals surface area contributed by atoms with Gasteiger partial charge in [0, 0.05) is 11.4 Å². The maximum absolute atomic E-state index is 11.0. The molecule has 0 amide bonds. The van der Waals surface area contributed by atoms with E-state index in [0.29, 0.717) is 31.1 Å². The molecule has 1 N–H and O–H groups in total. The quantitative estimate of drug-likeness (QED) is 0.698. The van der Waals surface area contributed by atoms with Gasteiger partial charge in [-0.2, -0.15) is 0 Å². The van der Waals surface area contributed by atoms with Crippen LogP contribution in [0.5, 0.6) is 17.2 Å². The number of carboxylic acids is 1. The van der Waals surface area contributed by atoms with E-state index in [1.54, 1.807) is 6.07 Å². The largest absolute Gasteiger partial charge is 0.493 e. The van der Waals surface area contributed by atoms with Gasteiger partial charge >= 0.3 is 5.97 Å². The van der Waals surface area contributed by atoms with Crippen molar-refractivity contribution in [1.29, 1.82) is 0 Å². The van der Waals surface area contributed by atoms with E-state index in [1.165, 1.54) is 19.2 Å². The van der Waals surface area contributed by atoms with Crippen LogP contribution in [0.1, 0.15) is 27.9 Å². The summed E-state index contributed by atoms with van der Waals surface area (Å²) in [6.45, 7) is 4.81. The van der Waals surface area contributed by atoms with Crippen LogP contribution in [0, 0.1) is 13.8 Å². The minimum Gasteiger partial charge on any atom is -0.493 e. The predicted octanol–water partition coefficient (Wildman–Crippen LogP) is 4.51. The third-order valence-corrected chi connectivity index (χ3v) is 4.23. The number of halogens is 1. The summed E-state index contributed by atoms with van der Waals surface area (Å²) in [6, 6.07) is 8.33. The summed E-state index contributed by atoms with van der Waals surface area (Å²) in [5.74, 6) is 0.671. The monoisotopic (exact) mass is 364 g/mol. The Morgan fingerprint density at radius 1 is 1.04 bits per heavy atom. The molecule has 0 aliphatic carbocycles. The minimum atomic E-state index is -1.01. The lowest BCUT2D eigenvalue weighted by Gasteiger charge is -2.12. The SMILES string of the molecule is COc1cc(C(=O)O)ccc1OCCCOc1cc(C)c(Cl)c(C)c1. The molecule has 5 nitrogen and oxygen atoms in total. The Morgan fingerprint density at radius 2 is 1.68 bits per heavy atom. The Balaban J connectivity index is 1.84. The third-order valence-electron chi connectivity index (χ3n) is 3.64. The van der Waals surface area contributed by atoms with Crippen molar-refractivity contribution in [3.8, 4) is 17.2 Å². The number of rotatable bonds is 8. The first-order valence-electron chi connectivity index (χ1n) is 7.86. The number of hydrogen-bond donors (Lipinski definition) is 1. The van der Waals surface area contributed by atoms with Crippen molar-refractivity contribution < 1.29 is 24.1 Å². The summed E-state index contributed by atoms with van der Waals surface area (Å²) in [6.07, 6.45) is 0.671. The van der Waals surface area contributed by atoms with Gasteiger partial charge in [-0.1, -0.05) is 11.6 Å². The average Bonchev–Trinajstić information content (AvgIpc) is 2.59. The van der Waals surface area contributed by atoms with Crippen LogP contribution in [0.25, 0.3) is 0 Å². The van der Waals surface area contributed by atoms with Crippen molar-refractivity contribution in [1.82, 2.24) is 0 Å². The third kappa shape index (κ3) is 5.03. The lowest BCUT2D eigenvalue weighted by molar-refractivity contribution is 0.0696. The molecule has 6 heteroatoms. The molecular weight excluding hydrogens is 344 g/mol. The average molecular weight is 365 g/mol. The lowest BCUT2D eigenvalue weighted by atomic mass is 10.1. The normalized spacial score (nSPS) is 10.4. The zero-order valence-electron chi connectivity index (χ0n) is 14.5. The molecule has 0 unspecified atom stereocenters. The van der Waals surface area contributed by atoms with Gasteiger partial charge in [-0.3, -0.25) is 0 Å². The second-order valence-corrected chi connectivity index (χ2v) is 5.97. The number of benzene rings is 2. The molecule has 0 atom stereocenters. The molecule has 0 saturated carbocycles. The van der Waals surface area contributed by atoms with Crippen LogP contribution in [0.4, 0.5) is 0 Å². The molecule has 25 heavy (non-hydrogen) atoms. The summed E-state index contributed by atoms with van der Waals surface area (Å²) in [7, 11) is 1.47. The van der Waals surface area contributed by atoms with Crippen molar-refractivity contribution in [2.75, 3.05) is 20.3 Å². The zero-order valence-corrected chi connectivity index (χ0v) is 15.2. The van der Waals surface area contributed by atoms with Gasteiger partial charge in [0.2, 0.25) is 0 Å². The van der Waals surface area contributed by atoms with Crippen molar-refractivity contribution >= 4 is 17.6 Å². The fraction of sp³-hybridized carbons (Fsp3) is 0.316. The Bertz CT molecular complexity index is 734. The van der Waals surface area contributed by atoms with Gasteiger partial charge in [0.05, 0.1) is 25.9 Å². The number of hydrogen-bond acceptors (Lipinski definition) is 4. The molecule has 0 heterocycles. The van der Waals surface area contributed by atoms with Crippen LogP contribution < -0.4 is 14.2 Å². The Hall–Kier alpha value is -2.40. The Morgan fingerprint density at radius 3 is 2.28 bits per heavy atom. The molecule has 0 fully saturated rings. The standard InChI is InChI=1S/C19H21ClO5/c1-12-9-15(10-13(2)18(12)20)24-7-4-8-25-16-6-5-14(19(21)22)11-17(16)23-3/h5-6,9-11H,4,7-8H2,1-3H3,(H,21,22). The number of carbonyl (C=O) groups is 1.